The maximum absolute atomic E-state index is 11.8. The van der Waals surface area contributed by atoms with Gasteiger partial charge in [0.25, 0.3) is 5.91 Å². The number of nitrogens with zero attached hydrogens (tertiary/aromatic N) is 1. The molecule has 1 N–H and O–H groups in total. The molecule has 0 radical (unpaired) electrons. The van der Waals surface area contributed by atoms with Crippen molar-refractivity contribution in [2.45, 2.75) is 13.5 Å². The smallest absolute Gasteiger partial charge is 0.263 e. The Hall–Kier alpha value is -1.20. The van der Waals surface area contributed by atoms with Gasteiger partial charge in [0.05, 0.1) is 11.2 Å². The van der Waals surface area contributed by atoms with Gasteiger partial charge in [-0.25, -0.2) is 4.98 Å². The van der Waals surface area contributed by atoms with Gasteiger partial charge in [-0.05, 0) is 24.6 Å². The number of aryl methyl sites for hydroxylation is 1. The molecular weight excluding hydrogens is 300 g/mol. The lowest BCUT2D eigenvalue weighted by atomic mass is 10.2. The van der Waals surface area contributed by atoms with Crippen molar-refractivity contribution in [2.24, 2.45) is 0 Å². The van der Waals surface area contributed by atoms with Crippen LogP contribution in [-0.2, 0) is 6.54 Å². The highest BCUT2D eigenvalue weighted by atomic mass is 79.9. The van der Waals surface area contributed by atoms with Crippen LogP contribution in [0.1, 0.15) is 20.9 Å². The van der Waals surface area contributed by atoms with E-state index in [0.717, 1.165) is 15.7 Å². The summed E-state index contributed by atoms with van der Waals surface area (Å²) in [7, 11) is 0. The van der Waals surface area contributed by atoms with Crippen molar-refractivity contribution < 1.29 is 4.79 Å². The Balaban J connectivity index is 1.97. The van der Waals surface area contributed by atoms with E-state index in [9.17, 15) is 4.79 Å². The van der Waals surface area contributed by atoms with Crippen LogP contribution in [0, 0.1) is 6.92 Å². The molecule has 0 aliphatic carbocycles. The molecule has 2 aromatic rings. The highest BCUT2D eigenvalue weighted by Crippen LogP contribution is 2.13. The summed E-state index contributed by atoms with van der Waals surface area (Å²) in [6.45, 7) is 2.37. The molecule has 1 aromatic heterocycles. The summed E-state index contributed by atoms with van der Waals surface area (Å²) < 4.78 is 1.03. The summed E-state index contributed by atoms with van der Waals surface area (Å²) >= 11 is 4.74. The number of amides is 1. The standard InChI is InChI=1S/C12H11BrN2OS/c1-8-11(17-7-15-8)12(16)14-6-9-2-4-10(13)5-3-9/h2-5,7H,6H2,1H3,(H,14,16). The Bertz CT molecular complexity index is 522. The number of benzene rings is 1. The predicted molar refractivity (Wildman–Crippen MR) is 72.2 cm³/mol. The summed E-state index contributed by atoms with van der Waals surface area (Å²) in [5.41, 5.74) is 3.54. The highest BCUT2D eigenvalue weighted by Gasteiger charge is 2.10. The predicted octanol–water partition coefficient (Wildman–Crippen LogP) is 3.14. The van der Waals surface area contributed by atoms with Crippen molar-refractivity contribution >= 4 is 33.2 Å². The van der Waals surface area contributed by atoms with E-state index in [1.165, 1.54) is 11.3 Å². The Kier molecular flexibility index (Phi) is 3.91. The number of nitrogens with one attached hydrogen (secondary N) is 1. The number of carbonyl (C=O) groups excluding carboxylic acids is 1. The van der Waals surface area contributed by atoms with E-state index in [1.807, 2.05) is 31.2 Å². The van der Waals surface area contributed by atoms with Crippen LogP contribution in [0.5, 0.6) is 0 Å². The molecule has 2 rings (SSSR count). The van der Waals surface area contributed by atoms with Gasteiger partial charge in [-0.2, -0.15) is 0 Å². The monoisotopic (exact) mass is 310 g/mol. The van der Waals surface area contributed by atoms with Crippen molar-refractivity contribution in [1.29, 1.82) is 0 Å². The first kappa shape index (κ1) is 12.3. The maximum atomic E-state index is 11.8. The fourth-order valence-corrected chi connectivity index (χ4v) is 2.37. The van der Waals surface area contributed by atoms with Gasteiger partial charge in [0.2, 0.25) is 0 Å². The van der Waals surface area contributed by atoms with Crippen molar-refractivity contribution in [3.05, 3.63) is 50.4 Å². The van der Waals surface area contributed by atoms with Crippen LogP contribution in [0.2, 0.25) is 0 Å². The maximum Gasteiger partial charge on any atom is 0.263 e. The van der Waals surface area contributed by atoms with E-state index in [4.69, 9.17) is 0 Å². The first-order chi connectivity index (χ1) is 8.16. The molecule has 0 spiro atoms. The van der Waals surface area contributed by atoms with Gasteiger partial charge in [0.1, 0.15) is 4.88 Å². The molecule has 1 amide bonds. The van der Waals surface area contributed by atoms with Crippen LogP contribution in [-0.4, -0.2) is 10.9 Å². The molecule has 0 saturated carbocycles. The van der Waals surface area contributed by atoms with E-state index in [-0.39, 0.29) is 5.91 Å². The van der Waals surface area contributed by atoms with Gasteiger partial charge < -0.3 is 5.32 Å². The highest BCUT2D eigenvalue weighted by molar-refractivity contribution is 9.10. The van der Waals surface area contributed by atoms with Crippen LogP contribution in [0.3, 0.4) is 0 Å². The van der Waals surface area contributed by atoms with Gasteiger partial charge >= 0.3 is 0 Å². The van der Waals surface area contributed by atoms with Crippen LogP contribution >= 0.6 is 27.3 Å². The normalized spacial score (nSPS) is 10.2. The van der Waals surface area contributed by atoms with Gasteiger partial charge in [-0.1, -0.05) is 28.1 Å². The fraction of sp³-hybridized carbons (Fsp3) is 0.167. The van der Waals surface area contributed by atoms with Gasteiger partial charge in [-0.3, -0.25) is 4.79 Å². The summed E-state index contributed by atoms with van der Waals surface area (Å²) in [6.07, 6.45) is 0. The van der Waals surface area contributed by atoms with Crippen molar-refractivity contribution in [1.82, 2.24) is 10.3 Å². The zero-order valence-electron chi connectivity index (χ0n) is 9.24. The van der Waals surface area contributed by atoms with E-state index in [1.54, 1.807) is 5.51 Å². The van der Waals surface area contributed by atoms with Crippen molar-refractivity contribution in [3.8, 4) is 0 Å². The zero-order chi connectivity index (χ0) is 12.3. The van der Waals surface area contributed by atoms with Crippen molar-refractivity contribution in [2.75, 3.05) is 0 Å². The minimum Gasteiger partial charge on any atom is -0.347 e. The molecule has 1 heterocycles. The summed E-state index contributed by atoms with van der Waals surface area (Å²) in [5, 5.41) is 2.88. The molecule has 0 bridgehead atoms. The van der Waals surface area contributed by atoms with E-state index in [2.05, 4.69) is 26.2 Å². The number of hydrogen-bond acceptors (Lipinski definition) is 3. The zero-order valence-corrected chi connectivity index (χ0v) is 11.6. The average Bonchev–Trinajstić information content (AvgIpc) is 2.74. The Labute approximate surface area is 112 Å². The summed E-state index contributed by atoms with van der Waals surface area (Å²) in [4.78, 5) is 16.6. The van der Waals surface area contributed by atoms with Crippen LogP contribution in [0.15, 0.2) is 34.2 Å². The Morgan fingerprint density at radius 2 is 2.12 bits per heavy atom. The lowest BCUT2D eigenvalue weighted by Gasteiger charge is -2.04. The lowest BCUT2D eigenvalue weighted by Crippen LogP contribution is -2.22. The number of hydrogen-bond donors (Lipinski definition) is 1. The third kappa shape index (κ3) is 3.14. The molecular formula is C12H11BrN2OS. The molecule has 0 aliphatic heterocycles. The molecule has 17 heavy (non-hydrogen) atoms. The van der Waals surface area contributed by atoms with Crippen LogP contribution < -0.4 is 5.32 Å². The molecule has 1 aromatic carbocycles. The summed E-state index contributed by atoms with van der Waals surface area (Å²) in [6, 6.07) is 7.87. The quantitative estimate of drug-likeness (QED) is 0.946. The number of rotatable bonds is 3. The molecule has 0 aliphatic rings. The first-order valence-electron chi connectivity index (χ1n) is 5.09. The average molecular weight is 311 g/mol. The number of carbonyl (C=O) groups is 1. The van der Waals surface area contributed by atoms with Gasteiger partial charge in [0.15, 0.2) is 0 Å². The number of halogens is 1. The van der Waals surface area contributed by atoms with Crippen LogP contribution in [0.25, 0.3) is 0 Å². The molecule has 88 valence electrons. The molecule has 0 fully saturated rings. The minimum atomic E-state index is -0.0621. The third-order valence-corrected chi connectivity index (χ3v) is 3.77. The van der Waals surface area contributed by atoms with E-state index < -0.39 is 0 Å². The SMILES string of the molecule is Cc1ncsc1C(=O)NCc1ccc(Br)cc1. The topological polar surface area (TPSA) is 42.0 Å². The Morgan fingerprint density at radius 1 is 1.41 bits per heavy atom. The molecule has 5 heteroatoms. The molecule has 0 unspecified atom stereocenters. The van der Waals surface area contributed by atoms with Crippen molar-refractivity contribution in [3.63, 3.8) is 0 Å². The second kappa shape index (κ2) is 5.42. The minimum absolute atomic E-state index is 0.0621. The Morgan fingerprint density at radius 3 is 2.71 bits per heavy atom. The molecule has 0 atom stereocenters. The summed E-state index contributed by atoms with van der Waals surface area (Å²) in [5.74, 6) is -0.0621. The first-order valence-corrected chi connectivity index (χ1v) is 6.77. The van der Waals surface area contributed by atoms with Gasteiger partial charge in [-0.15, -0.1) is 11.3 Å². The third-order valence-electron chi connectivity index (χ3n) is 2.32. The molecule has 0 saturated heterocycles. The molecule has 3 nitrogen and oxygen atoms in total. The number of thiazole rings is 1. The fourth-order valence-electron chi connectivity index (χ4n) is 1.38. The van der Waals surface area contributed by atoms with E-state index in [0.29, 0.717) is 11.4 Å². The second-order valence-electron chi connectivity index (χ2n) is 3.58. The second-order valence-corrected chi connectivity index (χ2v) is 5.35. The largest absolute Gasteiger partial charge is 0.347 e. The number of aromatic nitrogens is 1. The van der Waals surface area contributed by atoms with E-state index >= 15 is 0 Å². The lowest BCUT2D eigenvalue weighted by molar-refractivity contribution is 0.0954. The van der Waals surface area contributed by atoms with Crippen LogP contribution in [0.4, 0.5) is 0 Å². The van der Waals surface area contributed by atoms with Gasteiger partial charge in [0, 0.05) is 11.0 Å².